The normalized spacial score (nSPS) is 11.3. The van der Waals surface area contributed by atoms with E-state index >= 15 is 0 Å². The van der Waals surface area contributed by atoms with Crippen molar-refractivity contribution in [1.82, 2.24) is 15.0 Å². The largest absolute Gasteiger partial charge is 0.208 e. The summed E-state index contributed by atoms with van der Waals surface area (Å²) < 4.78 is 2.63. The highest BCUT2D eigenvalue weighted by Crippen LogP contribution is 2.37. The fraction of sp³-hybridized carbons (Fsp3) is 0. The standard InChI is InChI=1S/C39H25N3S/c1-3-11-26(12-4-1)37-40-38(27-13-5-2-6-14-27)42-39(41-37)32-18-10-17-30(24-32)28-15-9-16-29(23-28)31-21-22-34-33-19-7-8-20-35(33)43-36(34)25-31/h1-25H. The molecule has 8 aromatic rings. The van der Waals surface area contributed by atoms with Gasteiger partial charge < -0.3 is 0 Å². The summed E-state index contributed by atoms with van der Waals surface area (Å²) in [5.41, 5.74) is 7.55. The first-order chi connectivity index (χ1) is 21.3. The molecule has 202 valence electrons. The van der Waals surface area contributed by atoms with E-state index in [-0.39, 0.29) is 0 Å². The van der Waals surface area contributed by atoms with Gasteiger partial charge in [0.15, 0.2) is 17.5 Å². The van der Waals surface area contributed by atoms with Crippen LogP contribution in [0.25, 0.3) is 76.6 Å². The van der Waals surface area contributed by atoms with Crippen LogP contribution >= 0.6 is 11.3 Å². The summed E-state index contributed by atoms with van der Waals surface area (Å²) in [6.45, 7) is 0. The molecule has 8 rings (SSSR count). The van der Waals surface area contributed by atoms with E-state index in [2.05, 4.69) is 91.0 Å². The Balaban J connectivity index is 1.19. The third kappa shape index (κ3) is 4.88. The predicted octanol–water partition coefficient (Wildman–Crippen LogP) is 10.6. The van der Waals surface area contributed by atoms with E-state index in [0.717, 1.165) is 27.8 Å². The molecule has 0 bridgehead atoms. The van der Waals surface area contributed by atoms with Gasteiger partial charge in [-0.15, -0.1) is 11.3 Å². The maximum absolute atomic E-state index is 4.93. The van der Waals surface area contributed by atoms with Crippen LogP contribution in [0, 0.1) is 0 Å². The van der Waals surface area contributed by atoms with Crippen LogP contribution in [0.4, 0.5) is 0 Å². The predicted molar refractivity (Wildman–Crippen MR) is 180 cm³/mol. The number of nitrogens with zero attached hydrogens (tertiary/aromatic N) is 3. The molecule has 6 aromatic carbocycles. The van der Waals surface area contributed by atoms with E-state index in [4.69, 9.17) is 15.0 Å². The lowest BCUT2D eigenvalue weighted by Crippen LogP contribution is -2.00. The zero-order valence-corrected chi connectivity index (χ0v) is 24.0. The second-order valence-corrected chi connectivity index (χ2v) is 11.6. The quantitative estimate of drug-likeness (QED) is 0.208. The van der Waals surface area contributed by atoms with Crippen molar-refractivity contribution in [2.24, 2.45) is 0 Å². The van der Waals surface area contributed by atoms with Crippen molar-refractivity contribution in [2.45, 2.75) is 0 Å². The molecule has 0 spiro atoms. The highest BCUT2D eigenvalue weighted by Gasteiger charge is 2.13. The van der Waals surface area contributed by atoms with Crippen LogP contribution in [0.5, 0.6) is 0 Å². The minimum atomic E-state index is 0.654. The van der Waals surface area contributed by atoms with Gasteiger partial charge >= 0.3 is 0 Å². The van der Waals surface area contributed by atoms with E-state index < -0.39 is 0 Å². The summed E-state index contributed by atoms with van der Waals surface area (Å²) in [7, 11) is 0. The fourth-order valence-electron chi connectivity index (χ4n) is 5.56. The number of thiophene rings is 1. The van der Waals surface area contributed by atoms with Gasteiger partial charge in [-0.1, -0.05) is 127 Å². The van der Waals surface area contributed by atoms with Crippen molar-refractivity contribution in [1.29, 1.82) is 0 Å². The summed E-state index contributed by atoms with van der Waals surface area (Å²) in [6, 6.07) is 52.8. The van der Waals surface area contributed by atoms with Gasteiger partial charge in [0.05, 0.1) is 0 Å². The minimum Gasteiger partial charge on any atom is -0.208 e. The molecule has 0 saturated carbocycles. The molecular weight excluding hydrogens is 543 g/mol. The van der Waals surface area contributed by atoms with Crippen LogP contribution in [0.15, 0.2) is 152 Å². The van der Waals surface area contributed by atoms with E-state index in [9.17, 15) is 0 Å². The van der Waals surface area contributed by atoms with Crippen LogP contribution in [0.1, 0.15) is 0 Å². The fourth-order valence-corrected chi connectivity index (χ4v) is 6.70. The maximum atomic E-state index is 4.93. The Labute approximate surface area is 253 Å². The number of benzene rings is 6. The van der Waals surface area contributed by atoms with Crippen molar-refractivity contribution in [3.05, 3.63) is 152 Å². The molecule has 0 aliphatic carbocycles. The average molecular weight is 568 g/mol. The van der Waals surface area contributed by atoms with Gasteiger partial charge in [-0.2, -0.15) is 0 Å². The molecule has 0 radical (unpaired) electrons. The Morgan fingerprint density at radius 3 is 1.37 bits per heavy atom. The van der Waals surface area contributed by atoms with Gasteiger partial charge in [-0.3, -0.25) is 0 Å². The van der Waals surface area contributed by atoms with Crippen molar-refractivity contribution in [3.63, 3.8) is 0 Å². The molecule has 4 heteroatoms. The van der Waals surface area contributed by atoms with Crippen molar-refractivity contribution >= 4 is 31.5 Å². The molecule has 0 fully saturated rings. The van der Waals surface area contributed by atoms with Crippen molar-refractivity contribution in [3.8, 4) is 56.4 Å². The van der Waals surface area contributed by atoms with Gasteiger partial charge in [-0.05, 0) is 46.5 Å². The molecule has 0 amide bonds. The molecule has 0 saturated heterocycles. The second kappa shape index (κ2) is 10.8. The first-order valence-electron chi connectivity index (χ1n) is 14.3. The van der Waals surface area contributed by atoms with E-state index in [1.807, 2.05) is 72.0 Å². The summed E-state index contributed by atoms with van der Waals surface area (Å²) in [4.78, 5) is 14.7. The zero-order chi connectivity index (χ0) is 28.6. The van der Waals surface area contributed by atoms with Gasteiger partial charge in [0.1, 0.15) is 0 Å². The van der Waals surface area contributed by atoms with Crippen molar-refractivity contribution in [2.75, 3.05) is 0 Å². The van der Waals surface area contributed by atoms with E-state index in [1.54, 1.807) is 0 Å². The Bertz CT molecular complexity index is 2180. The molecule has 0 atom stereocenters. The number of hydrogen-bond acceptors (Lipinski definition) is 4. The first-order valence-corrected chi connectivity index (χ1v) is 15.1. The monoisotopic (exact) mass is 567 g/mol. The van der Waals surface area contributed by atoms with Crippen LogP contribution < -0.4 is 0 Å². The van der Waals surface area contributed by atoms with Crippen LogP contribution in [0.3, 0.4) is 0 Å². The summed E-state index contributed by atoms with van der Waals surface area (Å²) in [5.74, 6) is 1.97. The third-order valence-corrected chi connectivity index (χ3v) is 8.86. The number of hydrogen-bond donors (Lipinski definition) is 0. The van der Waals surface area contributed by atoms with Gasteiger partial charge in [-0.25, -0.2) is 15.0 Å². The Morgan fingerprint density at radius 1 is 0.302 bits per heavy atom. The lowest BCUT2D eigenvalue weighted by Gasteiger charge is -2.10. The lowest BCUT2D eigenvalue weighted by atomic mass is 9.97. The molecule has 0 aliphatic heterocycles. The molecule has 0 unspecified atom stereocenters. The molecule has 43 heavy (non-hydrogen) atoms. The average Bonchev–Trinajstić information content (AvgIpc) is 3.47. The zero-order valence-electron chi connectivity index (χ0n) is 23.2. The third-order valence-electron chi connectivity index (χ3n) is 7.73. The van der Waals surface area contributed by atoms with Crippen LogP contribution in [-0.2, 0) is 0 Å². The SMILES string of the molecule is c1ccc(-c2nc(-c3ccccc3)nc(-c3cccc(-c4cccc(-c5ccc6c(c5)sc5ccccc56)c4)c3)n2)cc1. The number of aromatic nitrogens is 3. The molecular formula is C39H25N3S. The topological polar surface area (TPSA) is 38.7 Å². The molecule has 0 aliphatic rings. The number of fused-ring (bicyclic) bond motifs is 3. The number of rotatable bonds is 5. The van der Waals surface area contributed by atoms with Crippen LogP contribution in [-0.4, -0.2) is 15.0 Å². The summed E-state index contributed by atoms with van der Waals surface area (Å²) in [6.07, 6.45) is 0. The summed E-state index contributed by atoms with van der Waals surface area (Å²) in [5, 5.41) is 2.64. The van der Waals surface area contributed by atoms with E-state index in [0.29, 0.717) is 17.5 Å². The maximum Gasteiger partial charge on any atom is 0.164 e. The molecule has 3 nitrogen and oxygen atoms in total. The Morgan fingerprint density at radius 2 is 0.744 bits per heavy atom. The minimum absolute atomic E-state index is 0.654. The summed E-state index contributed by atoms with van der Waals surface area (Å²) >= 11 is 1.85. The van der Waals surface area contributed by atoms with Crippen LogP contribution in [0.2, 0.25) is 0 Å². The first kappa shape index (κ1) is 25.3. The molecule has 2 aromatic heterocycles. The van der Waals surface area contributed by atoms with E-state index in [1.165, 1.54) is 31.3 Å². The molecule has 0 N–H and O–H groups in total. The van der Waals surface area contributed by atoms with Gasteiger partial charge in [0.25, 0.3) is 0 Å². The van der Waals surface area contributed by atoms with Crippen molar-refractivity contribution < 1.29 is 0 Å². The van der Waals surface area contributed by atoms with Gasteiger partial charge in [0.2, 0.25) is 0 Å². The highest BCUT2D eigenvalue weighted by atomic mass is 32.1. The Kier molecular flexibility index (Phi) is 6.32. The lowest BCUT2D eigenvalue weighted by molar-refractivity contribution is 1.07. The highest BCUT2D eigenvalue weighted by molar-refractivity contribution is 7.25. The molecule has 2 heterocycles. The Hall–Kier alpha value is -5.45. The van der Waals surface area contributed by atoms with Gasteiger partial charge in [0, 0.05) is 36.9 Å². The second-order valence-electron chi connectivity index (χ2n) is 10.5. The smallest absolute Gasteiger partial charge is 0.164 e.